The van der Waals surface area contributed by atoms with Gasteiger partial charge in [-0.1, -0.05) is 41.5 Å². The van der Waals surface area contributed by atoms with Gasteiger partial charge in [-0.2, -0.15) is 0 Å². The Balaban J connectivity index is 1.96. The van der Waals surface area contributed by atoms with Gasteiger partial charge in [0.1, 0.15) is 10.8 Å². The predicted molar refractivity (Wildman–Crippen MR) is 113 cm³/mol. The lowest BCUT2D eigenvalue weighted by Gasteiger charge is -2.28. The van der Waals surface area contributed by atoms with E-state index in [-0.39, 0.29) is 10.8 Å². The third-order valence-electron chi connectivity index (χ3n) is 5.04. The highest BCUT2D eigenvalue weighted by Crippen LogP contribution is 2.42. The Kier molecular flexibility index (Phi) is 5.67. The van der Waals surface area contributed by atoms with Crippen LogP contribution in [-0.2, 0) is 22.1 Å². The standard InChI is InChI=1S/C22H32N2O2S/c1-21(2,3)16-11-15(12-17(20(16)25)22(4,5)6)18-14-27-19(23-18)13-24-7-9-26-10-8-24/h11-12,14,25H,7-10,13H2,1-6H3. The van der Waals surface area contributed by atoms with Crippen LogP contribution in [0.15, 0.2) is 17.5 Å². The molecule has 0 saturated carbocycles. The van der Waals surface area contributed by atoms with Crippen LogP contribution in [0.25, 0.3) is 11.3 Å². The van der Waals surface area contributed by atoms with E-state index in [4.69, 9.17) is 9.72 Å². The van der Waals surface area contributed by atoms with E-state index >= 15 is 0 Å². The smallest absolute Gasteiger partial charge is 0.123 e. The molecular weight excluding hydrogens is 356 g/mol. The minimum absolute atomic E-state index is 0.132. The van der Waals surface area contributed by atoms with Gasteiger partial charge in [-0.3, -0.25) is 4.90 Å². The molecule has 0 amide bonds. The van der Waals surface area contributed by atoms with Crippen molar-refractivity contribution in [3.8, 4) is 17.0 Å². The van der Waals surface area contributed by atoms with E-state index in [9.17, 15) is 5.11 Å². The molecule has 0 radical (unpaired) electrons. The van der Waals surface area contributed by atoms with Crippen molar-refractivity contribution in [3.63, 3.8) is 0 Å². The van der Waals surface area contributed by atoms with Crippen LogP contribution in [0.4, 0.5) is 0 Å². The summed E-state index contributed by atoms with van der Waals surface area (Å²) in [5.74, 6) is 0.419. The fraction of sp³-hybridized carbons (Fsp3) is 0.591. The van der Waals surface area contributed by atoms with Gasteiger partial charge in [0.05, 0.1) is 25.5 Å². The summed E-state index contributed by atoms with van der Waals surface area (Å²) in [4.78, 5) is 7.30. The quantitative estimate of drug-likeness (QED) is 0.809. The third-order valence-corrected chi connectivity index (χ3v) is 5.87. The number of aromatic hydroxyl groups is 1. The highest BCUT2D eigenvalue weighted by Gasteiger charge is 2.27. The van der Waals surface area contributed by atoms with E-state index in [1.165, 1.54) is 0 Å². The molecule has 3 rings (SSSR count). The average Bonchev–Trinajstić information content (AvgIpc) is 3.02. The first-order chi connectivity index (χ1) is 12.6. The van der Waals surface area contributed by atoms with Crippen molar-refractivity contribution in [2.75, 3.05) is 26.3 Å². The summed E-state index contributed by atoms with van der Waals surface area (Å²) in [7, 11) is 0. The van der Waals surface area contributed by atoms with Crippen molar-refractivity contribution in [1.82, 2.24) is 9.88 Å². The summed E-state index contributed by atoms with van der Waals surface area (Å²) in [6.07, 6.45) is 0. The molecular formula is C22H32N2O2S. The van der Waals surface area contributed by atoms with Crippen LogP contribution in [0.1, 0.15) is 57.7 Å². The Morgan fingerprint density at radius 1 is 1.04 bits per heavy atom. The topological polar surface area (TPSA) is 45.6 Å². The second-order valence-corrected chi connectivity index (χ2v) is 10.4. The second-order valence-electron chi connectivity index (χ2n) is 9.43. The maximum Gasteiger partial charge on any atom is 0.123 e. The molecule has 1 aliphatic rings. The molecule has 0 atom stereocenters. The lowest BCUT2D eigenvalue weighted by atomic mass is 9.78. The summed E-state index contributed by atoms with van der Waals surface area (Å²) in [5.41, 5.74) is 3.78. The van der Waals surface area contributed by atoms with Crippen LogP contribution in [-0.4, -0.2) is 41.3 Å². The lowest BCUT2D eigenvalue weighted by molar-refractivity contribution is 0.0342. The molecule has 0 unspecified atom stereocenters. The number of hydrogen-bond donors (Lipinski definition) is 1. The molecule has 27 heavy (non-hydrogen) atoms. The third kappa shape index (κ3) is 4.71. The fourth-order valence-electron chi connectivity index (χ4n) is 3.39. The van der Waals surface area contributed by atoms with Gasteiger partial charge in [0.25, 0.3) is 0 Å². The van der Waals surface area contributed by atoms with E-state index in [1.54, 1.807) is 11.3 Å². The first kappa shape index (κ1) is 20.3. The van der Waals surface area contributed by atoms with Crippen LogP contribution in [0.2, 0.25) is 0 Å². The minimum atomic E-state index is -0.132. The molecule has 0 spiro atoms. The molecule has 1 aromatic carbocycles. The SMILES string of the molecule is CC(C)(C)c1cc(-c2csc(CN3CCOCC3)n2)cc(C(C)(C)C)c1O. The molecule has 2 aromatic rings. The molecule has 148 valence electrons. The van der Waals surface area contributed by atoms with Gasteiger partial charge < -0.3 is 9.84 Å². The van der Waals surface area contributed by atoms with E-state index in [1.807, 2.05) is 0 Å². The van der Waals surface area contributed by atoms with Gasteiger partial charge in [-0.25, -0.2) is 4.98 Å². The summed E-state index contributed by atoms with van der Waals surface area (Å²) >= 11 is 1.71. The van der Waals surface area contributed by atoms with Crippen LogP contribution in [0, 0.1) is 0 Å². The molecule has 2 heterocycles. The largest absolute Gasteiger partial charge is 0.507 e. The zero-order valence-corrected chi connectivity index (χ0v) is 18.2. The fourth-order valence-corrected chi connectivity index (χ4v) is 4.24. The van der Waals surface area contributed by atoms with Gasteiger partial charge in [-0.05, 0) is 23.0 Å². The van der Waals surface area contributed by atoms with Crippen LogP contribution in [0.3, 0.4) is 0 Å². The van der Waals surface area contributed by atoms with Gasteiger partial charge in [0.15, 0.2) is 0 Å². The van der Waals surface area contributed by atoms with Crippen LogP contribution in [0.5, 0.6) is 5.75 Å². The highest BCUT2D eigenvalue weighted by atomic mass is 32.1. The Hall–Kier alpha value is -1.43. The Bertz CT molecular complexity index is 758. The number of nitrogens with zero attached hydrogens (tertiary/aromatic N) is 2. The molecule has 4 nitrogen and oxygen atoms in total. The van der Waals surface area contributed by atoms with Gasteiger partial charge in [0, 0.05) is 35.2 Å². The molecule has 0 bridgehead atoms. The van der Waals surface area contributed by atoms with Gasteiger partial charge in [0.2, 0.25) is 0 Å². The number of morpholine rings is 1. The molecule has 1 aliphatic heterocycles. The summed E-state index contributed by atoms with van der Waals surface area (Å²) < 4.78 is 5.43. The van der Waals surface area contributed by atoms with Crippen molar-refractivity contribution in [2.45, 2.75) is 58.9 Å². The lowest BCUT2D eigenvalue weighted by Crippen LogP contribution is -2.35. The van der Waals surface area contributed by atoms with Gasteiger partial charge in [-0.15, -0.1) is 11.3 Å². The number of phenols is 1. The molecule has 1 fully saturated rings. The van der Waals surface area contributed by atoms with Crippen molar-refractivity contribution < 1.29 is 9.84 Å². The Labute approximate surface area is 167 Å². The molecule has 5 heteroatoms. The Morgan fingerprint density at radius 3 is 2.11 bits per heavy atom. The number of rotatable bonds is 3. The normalized spacial score (nSPS) is 16.7. The minimum Gasteiger partial charge on any atom is -0.507 e. The first-order valence-electron chi connectivity index (χ1n) is 9.68. The zero-order valence-electron chi connectivity index (χ0n) is 17.4. The number of benzene rings is 1. The maximum atomic E-state index is 10.9. The molecule has 1 N–H and O–H groups in total. The second kappa shape index (κ2) is 7.53. The molecule has 1 aromatic heterocycles. The number of thiazole rings is 1. The number of phenolic OH excluding ortho intramolecular Hbond substituents is 1. The van der Waals surface area contributed by atoms with Crippen molar-refractivity contribution in [2.24, 2.45) is 0 Å². The summed E-state index contributed by atoms with van der Waals surface area (Å²) in [5, 5.41) is 14.2. The average molecular weight is 389 g/mol. The summed E-state index contributed by atoms with van der Waals surface area (Å²) in [6, 6.07) is 4.22. The van der Waals surface area contributed by atoms with E-state index in [0.29, 0.717) is 5.75 Å². The van der Waals surface area contributed by atoms with Crippen molar-refractivity contribution in [3.05, 3.63) is 33.6 Å². The Morgan fingerprint density at radius 2 is 1.59 bits per heavy atom. The first-order valence-corrected chi connectivity index (χ1v) is 10.6. The van der Waals surface area contributed by atoms with Crippen molar-refractivity contribution in [1.29, 1.82) is 0 Å². The molecule has 0 aliphatic carbocycles. The highest BCUT2D eigenvalue weighted by molar-refractivity contribution is 7.09. The molecule has 1 saturated heterocycles. The number of ether oxygens (including phenoxy) is 1. The van der Waals surface area contributed by atoms with Crippen molar-refractivity contribution >= 4 is 11.3 Å². The predicted octanol–water partition coefficient (Wildman–Crippen LogP) is 4.94. The van der Waals surface area contributed by atoms with Crippen LogP contribution < -0.4 is 0 Å². The zero-order chi connectivity index (χ0) is 19.8. The summed E-state index contributed by atoms with van der Waals surface area (Å²) in [6.45, 7) is 17.3. The number of aromatic nitrogens is 1. The number of hydrogen-bond acceptors (Lipinski definition) is 5. The van der Waals surface area contributed by atoms with E-state index in [0.717, 1.165) is 60.2 Å². The van der Waals surface area contributed by atoms with Crippen LogP contribution >= 0.6 is 11.3 Å². The van der Waals surface area contributed by atoms with Gasteiger partial charge >= 0.3 is 0 Å². The maximum absolute atomic E-state index is 10.9. The van der Waals surface area contributed by atoms with E-state index in [2.05, 4.69) is 64.0 Å². The van der Waals surface area contributed by atoms with E-state index < -0.39 is 0 Å². The monoisotopic (exact) mass is 388 g/mol.